The predicted molar refractivity (Wildman–Crippen MR) is 44.9 cm³/mol. The van der Waals surface area contributed by atoms with Gasteiger partial charge < -0.3 is 4.74 Å². The number of rotatable bonds is 5. The van der Waals surface area contributed by atoms with Crippen LogP contribution in [0.15, 0.2) is 11.8 Å². The van der Waals surface area contributed by atoms with Gasteiger partial charge >= 0.3 is 0 Å². The van der Waals surface area contributed by atoms with Crippen molar-refractivity contribution >= 4 is 0 Å². The number of unbranched alkanes of at least 4 members (excludes halogenated alkanes) is 2. The average molecular weight is 142 g/mol. The number of allylic oxidation sites excluding steroid dienone is 1. The third kappa shape index (κ3) is 7.54. The molecule has 0 aromatic rings. The molecule has 0 unspecified atom stereocenters. The van der Waals surface area contributed by atoms with E-state index < -0.39 is 0 Å². The molecule has 0 aliphatic carbocycles. The van der Waals surface area contributed by atoms with Crippen LogP contribution >= 0.6 is 0 Å². The fraction of sp³-hybridized carbons (Fsp3) is 0.778. The lowest BCUT2D eigenvalue weighted by Gasteiger charge is -1.99. The van der Waals surface area contributed by atoms with Crippen molar-refractivity contribution in [3.05, 3.63) is 11.8 Å². The molecule has 0 saturated heterocycles. The highest BCUT2D eigenvalue weighted by Gasteiger charge is 1.83. The van der Waals surface area contributed by atoms with Crippen LogP contribution in [0.5, 0.6) is 0 Å². The molecule has 0 spiro atoms. The molecule has 10 heavy (non-hydrogen) atoms. The first-order valence-electron chi connectivity index (χ1n) is 4.02. The zero-order valence-corrected chi connectivity index (χ0v) is 7.31. The van der Waals surface area contributed by atoms with Crippen LogP contribution in [-0.4, -0.2) is 6.61 Å². The van der Waals surface area contributed by atoms with E-state index in [-0.39, 0.29) is 0 Å². The van der Waals surface area contributed by atoms with Gasteiger partial charge in [0.15, 0.2) is 0 Å². The summed E-state index contributed by atoms with van der Waals surface area (Å²) in [4.78, 5) is 0. The van der Waals surface area contributed by atoms with Crippen LogP contribution in [0.2, 0.25) is 0 Å². The fourth-order valence-electron chi connectivity index (χ4n) is 0.661. The molecule has 1 heteroatoms. The van der Waals surface area contributed by atoms with Gasteiger partial charge in [-0.25, -0.2) is 0 Å². The SMILES string of the molecule is CCCCCOC=C(C)C. The van der Waals surface area contributed by atoms with Gasteiger partial charge in [0.1, 0.15) is 0 Å². The molecular formula is C9H18O. The second-order valence-corrected chi connectivity index (χ2v) is 2.77. The molecule has 0 aromatic carbocycles. The van der Waals surface area contributed by atoms with Crippen molar-refractivity contribution < 1.29 is 4.74 Å². The molecule has 0 bridgehead atoms. The van der Waals surface area contributed by atoms with E-state index in [1.165, 1.54) is 24.8 Å². The summed E-state index contributed by atoms with van der Waals surface area (Å²) in [5, 5.41) is 0. The minimum atomic E-state index is 0.874. The maximum absolute atomic E-state index is 5.24. The molecule has 0 aliphatic rings. The summed E-state index contributed by atoms with van der Waals surface area (Å²) >= 11 is 0. The van der Waals surface area contributed by atoms with Gasteiger partial charge in [-0.3, -0.25) is 0 Å². The van der Waals surface area contributed by atoms with Crippen LogP contribution in [0.3, 0.4) is 0 Å². The minimum Gasteiger partial charge on any atom is -0.501 e. The van der Waals surface area contributed by atoms with Crippen LogP contribution in [-0.2, 0) is 4.74 Å². The number of ether oxygens (including phenoxy) is 1. The highest BCUT2D eigenvalue weighted by atomic mass is 16.5. The summed E-state index contributed by atoms with van der Waals surface area (Å²) in [5.41, 5.74) is 1.23. The van der Waals surface area contributed by atoms with Gasteiger partial charge in [-0.15, -0.1) is 0 Å². The number of hydrogen-bond donors (Lipinski definition) is 0. The van der Waals surface area contributed by atoms with E-state index in [2.05, 4.69) is 6.92 Å². The Bertz CT molecular complexity index is 90.9. The van der Waals surface area contributed by atoms with Crippen molar-refractivity contribution in [2.75, 3.05) is 6.61 Å². The first-order chi connectivity index (χ1) is 4.77. The Balaban J connectivity index is 2.98. The van der Waals surface area contributed by atoms with Crippen LogP contribution < -0.4 is 0 Å². The topological polar surface area (TPSA) is 9.23 Å². The Morgan fingerprint density at radius 2 is 2.00 bits per heavy atom. The van der Waals surface area contributed by atoms with Gasteiger partial charge in [0.05, 0.1) is 12.9 Å². The summed E-state index contributed by atoms with van der Waals surface area (Å²) in [5.74, 6) is 0. The molecule has 0 aromatic heterocycles. The smallest absolute Gasteiger partial charge is 0.0873 e. The maximum Gasteiger partial charge on any atom is 0.0873 e. The molecule has 0 atom stereocenters. The summed E-state index contributed by atoms with van der Waals surface area (Å²) in [6.07, 6.45) is 5.55. The van der Waals surface area contributed by atoms with Gasteiger partial charge in [0, 0.05) is 0 Å². The monoisotopic (exact) mass is 142 g/mol. The zero-order chi connectivity index (χ0) is 7.82. The van der Waals surface area contributed by atoms with E-state index >= 15 is 0 Å². The van der Waals surface area contributed by atoms with E-state index in [9.17, 15) is 0 Å². The molecule has 0 fully saturated rings. The third-order valence-corrected chi connectivity index (χ3v) is 1.18. The molecule has 0 radical (unpaired) electrons. The zero-order valence-electron chi connectivity index (χ0n) is 7.31. The normalized spacial score (nSPS) is 9.10. The lowest BCUT2D eigenvalue weighted by Crippen LogP contribution is -1.86. The molecular weight excluding hydrogens is 124 g/mol. The van der Waals surface area contributed by atoms with E-state index in [0.29, 0.717) is 0 Å². The lowest BCUT2D eigenvalue weighted by atomic mass is 10.3. The van der Waals surface area contributed by atoms with Gasteiger partial charge in [0.25, 0.3) is 0 Å². The molecule has 0 heterocycles. The van der Waals surface area contributed by atoms with Crippen molar-refractivity contribution in [1.29, 1.82) is 0 Å². The first-order valence-corrected chi connectivity index (χ1v) is 4.02. The standard InChI is InChI=1S/C9H18O/c1-4-5-6-7-10-8-9(2)3/h8H,4-7H2,1-3H3. The summed E-state index contributed by atoms with van der Waals surface area (Å²) in [6, 6.07) is 0. The molecule has 0 amide bonds. The predicted octanol–water partition coefficient (Wildman–Crippen LogP) is 3.12. The molecule has 60 valence electrons. The van der Waals surface area contributed by atoms with Gasteiger partial charge in [-0.1, -0.05) is 19.8 Å². The second kappa shape index (κ2) is 6.66. The van der Waals surface area contributed by atoms with E-state index in [4.69, 9.17) is 4.74 Å². The Morgan fingerprint density at radius 1 is 1.30 bits per heavy atom. The summed E-state index contributed by atoms with van der Waals surface area (Å²) < 4.78 is 5.24. The average Bonchev–Trinajstić information content (AvgIpc) is 1.87. The Morgan fingerprint density at radius 3 is 2.50 bits per heavy atom. The van der Waals surface area contributed by atoms with Crippen LogP contribution in [0.1, 0.15) is 40.0 Å². The maximum atomic E-state index is 5.24. The first kappa shape index (κ1) is 9.54. The third-order valence-electron chi connectivity index (χ3n) is 1.18. The van der Waals surface area contributed by atoms with Crippen LogP contribution in [0, 0.1) is 0 Å². The fourth-order valence-corrected chi connectivity index (χ4v) is 0.661. The van der Waals surface area contributed by atoms with Gasteiger partial charge in [-0.2, -0.15) is 0 Å². The summed E-state index contributed by atoms with van der Waals surface area (Å²) in [7, 11) is 0. The molecule has 1 nitrogen and oxygen atoms in total. The van der Waals surface area contributed by atoms with Crippen molar-refractivity contribution in [3.63, 3.8) is 0 Å². The quantitative estimate of drug-likeness (QED) is 0.423. The second-order valence-electron chi connectivity index (χ2n) is 2.77. The highest BCUT2D eigenvalue weighted by molar-refractivity contribution is 4.86. The lowest BCUT2D eigenvalue weighted by molar-refractivity contribution is 0.239. The Hall–Kier alpha value is -0.460. The number of hydrogen-bond acceptors (Lipinski definition) is 1. The highest BCUT2D eigenvalue weighted by Crippen LogP contribution is 1.96. The van der Waals surface area contributed by atoms with E-state index in [1.807, 2.05) is 20.1 Å². The Kier molecular flexibility index (Phi) is 6.35. The van der Waals surface area contributed by atoms with Gasteiger partial charge in [0.2, 0.25) is 0 Å². The van der Waals surface area contributed by atoms with E-state index in [0.717, 1.165) is 6.61 Å². The van der Waals surface area contributed by atoms with Crippen LogP contribution in [0.4, 0.5) is 0 Å². The van der Waals surface area contributed by atoms with E-state index in [1.54, 1.807) is 0 Å². The molecule has 0 aliphatic heterocycles. The molecule has 0 saturated carbocycles. The van der Waals surface area contributed by atoms with Gasteiger partial charge in [-0.05, 0) is 25.8 Å². The van der Waals surface area contributed by atoms with Crippen molar-refractivity contribution in [3.8, 4) is 0 Å². The Labute approximate surface area is 64.1 Å². The minimum absolute atomic E-state index is 0.874. The largest absolute Gasteiger partial charge is 0.501 e. The summed E-state index contributed by atoms with van der Waals surface area (Å²) in [6.45, 7) is 7.15. The van der Waals surface area contributed by atoms with Crippen molar-refractivity contribution in [1.82, 2.24) is 0 Å². The molecule has 0 rings (SSSR count). The van der Waals surface area contributed by atoms with Crippen LogP contribution in [0.25, 0.3) is 0 Å². The van der Waals surface area contributed by atoms with Crippen molar-refractivity contribution in [2.24, 2.45) is 0 Å². The van der Waals surface area contributed by atoms with Crippen molar-refractivity contribution in [2.45, 2.75) is 40.0 Å². The molecule has 0 N–H and O–H groups in total.